The Morgan fingerprint density at radius 3 is 2.73 bits per heavy atom. The van der Waals surface area contributed by atoms with Gasteiger partial charge in [-0.05, 0) is 88.4 Å². The summed E-state index contributed by atoms with van der Waals surface area (Å²) >= 11 is 0. The van der Waals surface area contributed by atoms with Crippen LogP contribution in [0.4, 0.5) is 10.5 Å². The fourth-order valence-electron chi connectivity index (χ4n) is 5.18. The van der Waals surface area contributed by atoms with Crippen LogP contribution >= 0.6 is 0 Å². The number of benzene rings is 1. The van der Waals surface area contributed by atoms with Gasteiger partial charge in [-0.25, -0.2) is 4.79 Å². The smallest absolute Gasteiger partial charge is 0.407 e. The predicted octanol–water partition coefficient (Wildman–Crippen LogP) is 5.93. The molecule has 0 aliphatic carbocycles. The monoisotopic (exact) mass is 608 g/mol. The number of nitrogens with one attached hydrogen (secondary N) is 1. The average Bonchev–Trinajstić information content (AvgIpc) is 3.22. The number of aromatic nitrogens is 1. The Labute approximate surface area is 261 Å². The van der Waals surface area contributed by atoms with Crippen LogP contribution in [-0.2, 0) is 20.7 Å². The zero-order valence-corrected chi connectivity index (χ0v) is 26.8. The Morgan fingerprint density at radius 1 is 1.16 bits per heavy atom. The maximum atomic E-state index is 12.1. The van der Waals surface area contributed by atoms with Gasteiger partial charge in [-0.3, -0.25) is 4.98 Å². The van der Waals surface area contributed by atoms with E-state index in [0.717, 1.165) is 55.9 Å². The maximum absolute atomic E-state index is 12.1. The van der Waals surface area contributed by atoms with Crippen LogP contribution in [0.15, 0.2) is 47.6 Å². The number of anilines is 1. The van der Waals surface area contributed by atoms with Crippen LogP contribution in [0.5, 0.6) is 11.5 Å². The Balaban J connectivity index is 1.27. The summed E-state index contributed by atoms with van der Waals surface area (Å²) in [5.41, 5.74) is 5.76. The summed E-state index contributed by atoms with van der Waals surface area (Å²) in [6.07, 6.45) is 7.94. The molecular formula is C34H48N4O6. The minimum absolute atomic E-state index is 0.0591. The van der Waals surface area contributed by atoms with Crippen molar-refractivity contribution in [2.75, 3.05) is 44.9 Å². The molecule has 1 aromatic carbocycles. The number of fused-ring (bicyclic) bond motifs is 1. The highest BCUT2D eigenvalue weighted by molar-refractivity contribution is 5.81. The quantitative estimate of drug-likeness (QED) is 0.122. The number of rotatable bonds is 14. The third-order valence-corrected chi connectivity index (χ3v) is 7.87. The van der Waals surface area contributed by atoms with Crippen LogP contribution in [-0.4, -0.2) is 75.1 Å². The summed E-state index contributed by atoms with van der Waals surface area (Å²) in [7, 11) is 1.62. The fourth-order valence-corrected chi connectivity index (χ4v) is 5.18. The lowest BCUT2D eigenvalue weighted by Gasteiger charge is -2.32. The highest BCUT2D eigenvalue weighted by Crippen LogP contribution is 2.28. The lowest BCUT2D eigenvalue weighted by atomic mass is 10.1. The van der Waals surface area contributed by atoms with Crippen molar-refractivity contribution in [1.82, 2.24) is 10.3 Å². The van der Waals surface area contributed by atoms with Crippen LogP contribution in [0, 0.1) is 13.8 Å². The van der Waals surface area contributed by atoms with Crippen molar-refractivity contribution in [3.05, 3.63) is 59.4 Å². The SMILES string of the molecule is CCCNC(=O)OC[C@H]1O[C@H](CCON=C(C)CCN2CCCCc3nc(C)c(C)cc32)C=C[C@H]1Oc1ccc(OC)cc1. The van der Waals surface area contributed by atoms with E-state index in [1.54, 1.807) is 7.11 Å². The number of aryl methyl sites for hydroxylation is 3. The highest BCUT2D eigenvalue weighted by atomic mass is 16.6. The lowest BCUT2D eigenvalue weighted by molar-refractivity contribution is -0.0808. The largest absolute Gasteiger partial charge is 0.497 e. The van der Waals surface area contributed by atoms with E-state index in [-0.39, 0.29) is 12.7 Å². The molecule has 0 bridgehead atoms. The van der Waals surface area contributed by atoms with Gasteiger partial charge in [0.25, 0.3) is 0 Å². The van der Waals surface area contributed by atoms with E-state index in [1.165, 1.54) is 23.4 Å². The number of alkyl carbamates (subject to hydrolysis) is 1. The van der Waals surface area contributed by atoms with Crippen molar-refractivity contribution < 1.29 is 28.6 Å². The highest BCUT2D eigenvalue weighted by Gasteiger charge is 2.30. The topological polar surface area (TPSA) is 104 Å². The van der Waals surface area contributed by atoms with Gasteiger partial charge in [0.1, 0.15) is 36.9 Å². The van der Waals surface area contributed by atoms with Gasteiger partial charge in [0.15, 0.2) is 0 Å². The van der Waals surface area contributed by atoms with Crippen molar-refractivity contribution in [2.45, 2.75) is 84.5 Å². The first-order valence-corrected chi connectivity index (χ1v) is 15.8. The molecule has 10 nitrogen and oxygen atoms in total. The number of ether oxygens (including phenoxy) is 4. The van der Waals surface area contributed by atoms with E-state index in [2.05, 4.69) is 35.3 Å². The van der Waals surface area contributed by atoms with Gasteiger partial charge in [0, 0.05) is 38.2 Å². The number of pyridine rings is 1. The minimum Gasteiger partial charge on any atom is -0.497 e. The molecule has 10 heteroatoms. The summed E-state index contributed by atoms with van der Waals surface area (Å²) < 4.78 is 23.1. The Morgan fingerprint density at radius 2 is 1.95 bits per heavy atom. The van der Waals surface area contributed by atoms with Gasteiger partial charge >= 0.3 is 6.09 Å². The standard InChI is InChI=1S/C34H48N4O6/c1-6-18-35-34(39)41-23-33-32(43-28-12-10-27(40-5)11-13-28)15-14-29(44-33)17-21-42-37-25(3)16-20-38-19-8-7-9-30-31(38)22-24(2)26(4)36-30/h10-15,22,29,32-33H,6-9,16-21,23H2,1-5H3,(H,35,39)/t29-,32+,33+/m0/s1. The predicted molar refractivity (Wildman–Crippen MR) is 172 cm³/mol. The first-order chi connectivity index (χ1) is 21.4. The van der Waals surface area contributed by atoms with Crippen LogP contribution in [0.3, 0.4) is 0 Å². The van der Waals surface area contributed by atoms with Gasteiger partial charge in [-0.1, -0.05) is 18.2 Å². The molecule has 3 atom stereocenters. The molecule has 0 fully saturated rings. The average molecular weight is 609 g/mol. The Bertz CT molecular complexity index is 1270. The van der Waals surface area contributed by atoms with E-state index in [9.17, 15) is 4.79 Å². The van der Waals surface area contributed by atoms with Crippen LogP contribution in [0.1, 0.15) is 62.9 Å². The molecule has 0 saturated carbocycles. The minimum atomic E-state index is -0.483. The van der Waals surface area contributed by atoms with Gasteiger partial charge in [0.05, 0.1) is 30.3 Å². The summed E-state index contributed by atoms with van der Waals surface area (Å²) in [6, 6.07) is 9.63. The molecule has 1 aromatic heterocycles. The van der Waals surface area contributed by atoms with Crippen LogP contribution in [0.2, 0.25) is 0 Å². The van der Waals surface area contributed by atoms with Gasteiger partial charge in [-0.2, -0.15) is 0 Å². The molecule has 1 N–H and O–H groups in total. The molecule has 240 valence electrons. The third kappa shape index (κ3) is 9.87. The molecule has 44 heavy (non-hydrogen) atoms. The number of amides is 1. The van der Waals surface area contributed by atoms with E-state index in [0.29, 0.717) is 25.3 Å². The van der Waals surface area contributed by atoms with Crippen molar-refractivity contribution >= 4 is 17.5 Å². The molecule has 1 amide bonds. The fraction of sp³-hybridized carbons (Fsp3) is 0.559. The zero-order chi connectivity index (χ0) is 31.3. The summed E-state index contributed by atoms with van der Waals surface area (Å²) in [4.78, 5) is 25.1. The first-order valence-electron chi connectivity index (χ1n) is 15.8. The van der Waals surface area contributed by atoms with E-state index < -0.39 is 18.3 Å². The van der Waals surface area contributed by atoms with E-state index >= 15 is 0 Å². The molecule has 2 aliphatic rings. The van der Waals surface area contributed by atoms with E-state index in [4.69, 9.17) is 28.8 Å². The van der Waals surface area contributed by atoms with Crippen molar-refractivity contribution in [3.8, 4) is 11.5 Å². The summed E-state index contributed by atoms with van der Waals surface area (Å²) in [6.45, 7) is 11.1. The van der Waals surface area contributed by atoms with Gasteiger partial charge in [-0.15, -0.1) is 0 Å². The molecule has 0 spiro atoms. The second-order valence-corrected chi connectivity index (χ2v) is 11.4. The molecule has 0 radical (unpaired) electrons. The molecule has 4 rings (SSSR count). The lowest BCUT2D eigenvalue weighted by Crippen LogP contribution is -2.43. The zero-order valence-electron chi connectivity index (χ0n) is 26.8. The second kappa shape index (κ2) is 16.9. The number of oxime groups is 1. The molecule has 0 saturated heterocycles. The molecule has 2 aromatic rings. The molecule has 3 heterocycles. The summed E-state index contributed by atoms with van der Waals surface area (Å²) in [5, 5.41) is 7.10. The number of methoxy groups -OCH3 is 1. The van der Waals surface area contributed by atoms with Gasteiger partial charge < -0.3 is 34.0 Å². The number of hydrogen-bond acceptors (Lipinski definition) is 9. The first kappa shape index (κ1) is 33.1. The van der Waals surface area contributed by atoms with Crippen molar-refractivity contribution in [2.24, 2.45) is 5.16 Å². The number of hydrogen-bond donors (Lipinski definition) is 1. The summed E-state index contributed by atoms with van der Waals surface area (Å²) in [5.74, 6) is 1.41. The molecule has 2 aliphatic heterocycles. The third-order valence-electron chi connectivity index (χ3n) is 7.87. The Kier molecular flexibility index (Phi) is 12.7. The normalized spacial score (nSPS) is 20.0. The van der Waals surface area contributed by atoms with E-state index in [1.807, 2.05) is 50.3 Å². The van der Waals surface area contributed by atoms with Crippen LogP contribution in [0.25, 0.3) is 0 Å². The van der Waals surface area contributed by atoms with Crippen molar-refractivity contribution in [3.63, 3.8) is 0 Å². The van der Waals surface area contributed by atoms with Crippen LogP contribution < -0.4 is 19.7 Å². The maximum Gasteiger partial charge on any atom is 0.407 e. The molecule has 0 unspecified atom stereocenters. The van der Waals surface area contributed by atoms with Crippen molar-refractivity contribution in [1.29, 1.82) is 0 Å². The number of carbonyl (C=O) groups is 1. The Hall–Kier alpha value is -3.79. The molecular weight excluding hydrogens is 560 g/mol. The second-order valence-electron chi connectivity index (χ2n) is 11.4. The van der Waals surface area contributed by atoms with Gasteiger partial charge in [0.2, 0.25) is 0 Å². The number of carbonyl (C=O) groups excluding carboxylic acids is 1. The number of nitrogens with zero attached hydrogens (tertiary/aromatic N) is 3.